The highest BCUT2D eigenvalue weighted by atomic mass is 28.3. The van der Waals surface area contributed by atoms with Crippen molar-refractivity contribution < 1.29 is 0 Å². The Morgan fingerprint density at radius 1 is 0.257 bits per heavy atom. The van der Waals surface area contributed by atoms with Crippen LogP contribution in [0.4, 0.5) is 0 Å². The van der Waals surface area contributed by atoms with Gasteiger partial charge < -0.3 is 13.7 Å². The lowest BCUT2D eigenvalue weighted by Gasteiger charge is -2.35. The van der Waals surface area contributed by atoms with E-state index in [0.717, 1.165) is 28.1 Å². The molecule has 0 aliphatic carbocycles. The van der Waals surface area contributed by atoms with Crippen molar-refractivity contribution in [1.82, 2.24) is 13.7 Å². The smallest absolute Gasteiger partial charge is 0.181 e. The molecule has 14 rings (SSSR count). The minimum atomic E-state index is -3.05. The number of para-hydroxylation sites is 5. The molecule has 0 spiro atoms. The molecule has 70 heavy (non-hydrogen) atoms. The Bertz CT molecular complexity index is 4130. The fourth-order valence-electron chi connectivity index (χ4n) is 11.9. The lowest BCUT2D eigenvalue weighted by molar-refractivity contribution is 1.15. The van der Waals surface area contributed by atoms with Gasteiger partial charge in [0.05, 0.1) is 38.8 Å². The Balaban J connectivity index is 1.13. The highest BCUT2D eigenvalue weighted by molar-refractivity contribution is 7.20. The molecule has 0 fully saturated rings. The van der Waals surface area contributed by atoms with Gasteiger partial charge in [-0.2, -0.15) is 0 Å². The predicted octanol–water partition coefficient (Wildman–Crippen LogP) is 14.0. The zero-order valence-corrected chi connectivity index (χ0v) is 39.3. The molecule has 3 heterocycles. The van der Waals surface area contributed by atoms with Crippen LogP contribution in [-0.2, 0) is 0 Å². The van der Waals surface area contributed by atoms with E-state index in [1.54, 1.807) is 0 Å². The maximum Gasteiger partial charge on any atom is 0.181 e. The van der Waals surface area contributed by atoms with Gasteiger partial charge in [-0.05, 0) is 80.9 Å². The maximum atomic E-state index is 2.59. The third-order valence-electron chi connectivity index (χ3n) is 14.8. The average molecular weight is 908 g/mol. The van der Waals surface area contributed by atoms with E-state index in [0.29, 0.717) is 0 Å². The van der Waals surface area contributed by atoms with Crippen LogP contribution in [0.5, 0.6) is 0 Å². The number of rotatable bonds is 8. The van der Waals surface area contributed by atoms with E-state index >= 15 is 0 Å². The second-order valence-electron chi connectivity index (χ2n) is 18.4. The van der Waals surface area contributed by atoms with Crippen molar-refractivity contribution in [3.63, 3.8) is 0 Å². The first-order valence-electron chi connectivity index (χ1n) is 24.2. The van der Waals surface area contributed by atoms with Gasteiger partial charge in [-0.3, -0.25) is 0 Å². The molecule has 0 aliphatic rings. The molecule has 0 unspecified atom stereocenters. The summed E-state index contributed by atoms with van der Waals surface area (Å²) in [7, 11) is -3.05. The van der Waals surface area contributed by atoms with Gasteiger partial charge in [0, 0.05) is 49.3 Å². The van der Waals surface area contributed by atoms with E-state index in [1.807, 2.05) is 0 Å². The summed E-state index contributed by atoms with van der Waals surface area (Å²) in [6.07, 6.45) is 0. The van der Waals surface area contributed by atoms with E-state index in [-0.39, 0.29) is 0 Å². The lowest BCUT2D eigenvalue weighted by atomic mass is 10.0. The van der Waals surface area contributed by atoms with Crippen molar-refractivity contribution in [2.24, 2.45) is 0 Å². The number of nitrogens with zero attached hydrogens (tertiary/aromatic N) is 3. The molecule has 0 amide bonds. The van der Waals surface area contributed by atoms with Crippen molar-refractivity contribution in [3.05, 3.63) is 273 Å². The fraction of sp³-hybridized carbons (Fsp3) is 0. The van der Waals surface area contributed by atoms with Crippen LogP contribution in [0.15, 0.2) is 273 Å². The second-order valence-corrected chi connectivity index (χ2v) is 22.2. The number of hydrogen-bond acceptors (Lipinski definition) is 0. The highest BCUT2D eigenvalue weighted by Gasteiger charge is 2.43. The first-order chi connectivity index (χ1) is 34.8. The largest absolute Gasteiger partial charge is 0.309 e. The van der Waals surface area contributed by atoms with Crippen LogP contribution in [0.1, 0.15) is 0 Å². The molecule has 0 N–H and O–H groups in total. The van der Waals surface area contributed by atoms with Gasteiger partial charge in [0.2, 0.25) is 0 Å². The summed E-state index contributed by atoms with van der Waals surface area (Å²) >= 11 is 0. The molecule has 0 saturated carbocycles. The van der Waals surface area contributed by atoms with Crippen molar-refractivity contribution in [1.29, 1.82) is 0 Å². The molecular formula is C66H45N3Si. The van der Waals surface area contributed by atoms with E-state index < -0.39 is 8.07 Å². The van der Waals surface area contributed by atoms with Crippen LogP contribution >= 0.6 is 0 Å². The zero-order chi connectivity index (χ0) is 46.2. The Morgan fingerprint density at radius 2 is 0.700 bits per heavy atom. The van der Waals surface area contributed by atoms with Gasteiger partial charge in [0.25, 0.3) is 0 Å². The summed E-state index contributed by atoms with van der Waals surface area (Å²) in [5, 5.41) is 12.8. The summed E-state index contributed by atoms with van der Waals surface area (Å²) < 4.78 is 7.53. The van der Waals surface area contributed by atoms with Crippen molar-refractivity contribution >= 4 is 94.2 Å². The molecule has 3 aromatic heterocycles. The van der Waals surface area contributed by atoms with Gasteiger partial charge in [-0.15, -0.1) is 0 Å². The molecule has 0 saturated heterocycles. The summed E-state index contributed by atoms with van der Waals surface area (Å²) in [5.74, 6) is 0. The molecule has 0 aliphatic heterocycles. The summed E-state index contributed by atoms with van der Waals surface area (Å²) in [6.45, 7) is 0. The molecule has 3 nitrogen and oxygen atoms in total. The number of hydrogen-bond donors (Lipinski definition) is 0. The maximum absolute atomic E-state index is 3.05. The van der Waals surface area contributed by atoms with E-state index in [2.05, 4.69) is 287 Å². The van der Waals surface area contributed by atoms with Gasteiger partial charge in [-0.1, -0.05) is 218 Å². The van der Waals surface area contributed by atoms with E-state index in [4.69, 9.17) is 0 Å². The van der Waals surface area contributed by atoms with Crippen LogP contribution in [0.3, 0.4) is 0 Å². The quantitative estimate of drug-likeness (QED) is 0.107. The van der Waals surface area contributed by atoms with Crippen LogP contribution in [0.25, 0.3) is 93.6 Å². The lowest BCUT2D eigenvalue weighted by Crippen LogP contribution is -2.75. The predicted molar refractivity (Wildman–Crippen MR) is 299 cm³/mol. The Hall–Kier alpha value is -8.96. The van der Waals surface area contributed by atoms with E-state index in [1.165, 1.54) is 86.3 Å². The molecule has 11 aromatic carbocycles. The Morgan fingerprint density at radius 3 is 1.30 bits per heavy atom. The summed E-state index contributed by atoms with van der Waals surface area (Å²) in [6, 6.07) is 102. The molecule has 0 bridgehead atoms. The van der Waals surface area contributed by atoms with Gasteiger partial charge >= 0.3 is 0 Å². The highest BCUT2D eigenvalue weighted by Crippen LogP contribution is 2.41. The number of fused-ring (bicyclic) bond motifs is 9. The van der Waals surface area contributed by atoms with Crippen molar-refractivity contribution in [3.8, 4) is 28.2 Å². The summed E-state index contributed by atoms with van der Waals surface area (Å²) in [4.78, 5) is 0. The van der Waals surface area contributed by atoms with Crippen molar-refractivity contribution in [2.45, 2.75) is 0 Å². The number of benzene rings is 11. The molecular weight excluding hydrogens is 863 g/mol. The topological polar surface area (TPSA) is 14.8 Å². The fourth-order valence-corrected chi connectivity index (χ4v) is 16.8. The normalized spacial score (nSPS) is 12.0. The minimum absolute atomic E-state index is 1.11. The summed E-state index contributed by atoms with van der Waals surface area (Å²) in [5.41, 5.74) is 12.9. The minimum Gasteiger partial charge on any atom is -0.309 e. The molecule has 14 aromatic rings. The SMILES string of the molecule is c1ccc(-c2ccccc2-n2c3ccccc3c3ccc(-n4c5ccc(-n6c7ccccc7c7ccccc76)cc5c5cccc([Si](c6ccccc6)(c6ccccc6)c6ccccc6)c54)cc32)cc1. The Labute approximate surface area is 407 Å². The molecule has 0 atom stereocenters. The standard InChI is InChI=1S/C66H45N3Si/c1-5-22-46(23-6-1)52-30-13-17-35-59(52)69-62-38-20-16-33-55(62)56-42-40-48(45-64(56)69)68-63-43-41-47(67-60-36-18-14-31-53(60)54-32-15-19-37-61(54)67)44-58(63)57-34-21-39-65(66(57)68)70(49-24-7-2-8-25-49,50-26-9-3-10-27-50)51-28-11-4-12-29-51/h1-45H. The first kappa shape index (κ1) is 40.1. The molecule has 4 heteroatoms. The number of aromatic nitrogens is 3. The van der Waals surface area contributed by atoms with E-state index in [9.17, 15) is 0 Å². The van der Waals surface area contributed by atoms with Gasteiger partial charge in [0.15, 0.2) is 8.07 Å². The van der Waals surface area contributed by atoms with Crippen LogP contribution in [-0.4, -0.2) is 21.8 Å². The van der Waals surface area contributed by atoms with Crippen LogP contribution in [0.2, 0.25) is 0 Å². The molecule has 328 valence electrons. The van der Waals surface area contributed by atoms with Crippen LogP contribution in [0, 0.1) is 0 Å². The average Bonchev–Trinajstić information content (AvgIpc) is 4.08. The second kappa shape index (κ2) is 16.1. The van der Waals surface area contributed by atoms with Gasteiger partial charge in [0.1, 0.15) is 0 Å². The Kier molecular flexibility index (Phi) is 9.23. The third kappa shape index (κ3) is 5.94. The van der Waals surface area contributed by atoms with Crippen LogP contribution < -0.4 is 20.7 Å². The molecule has 0 radical (unpaired) electrons. The third-order valence-corrected chi connectivity index (χ3v) is 19.6. The van der Waals surface area contributed by atoms with Gasteiger partial charge in [-0.25, -0.2) is 0 Å². The first-order valence-corrected chi connectivity index (χ1v) is 26.2. The van der Waals surface area contributed by atoms with Crippen molar-refractivity contribution in [2.75, 3.05) is 0 Å². The zero-order valence-electron chi connectivity index (χ0n) is 38.3. The monoisotopic (exact) mass is 907 g/mol.